The number of hydrogen-bond acceptors (Lipinski definition) is 5. The molecule has 32 heavy (non-hydrogen) atoms. The lowest BCUT2D eigenvalue weighted by Crippen LogP contribution is -2.42. The maximum atomic E-state index is 12.9. The summed E-state index contributed by atoms with van der Waals surface area (Å²) in [6.45, 7) is -1.13. The zero-order valence-electron chi connectivity index (χ0n) is 16.1. The molecule has 0 aliphatic carbocycles. The Hall–Kier alpha value is -3.68. The summed E-state index contributed by atoms with van der Waals surface area (Å²) in [5.41, 5.74) is -0.380. The van der Waals surface area contributed by atoms with Crippen molar-refractivity contribution in [2.45, 2.75) is 12.3 Å². The van der Waals surface area contributed by atoms with Gasteiger partial charge in [0.1, 0.15) is 5.56 Å². The lowest BCUT2D eigenvalue weighted by atomic mass is 10.1. The van der Waals surface area contributed by atoms with Crippen LogP contribution in [0.3, 0.4) is 0 Å². The summed E-state index contributed by atoms with van der Waals surface area (Å²) in [7, 11) is 0. The Morgan fingerprint density at radius 1 is 1.22 bits per heavy atom. The minimum atomic E-state index is -4.93. The number of carbonyl (C=O) groups is 1. The van der Waals surface area contributed by atoms with Crippen LogP contribution in [0.4, 0.5) is 13.2 Å². The topological polar surface area (TPSA) is 108 Å². The first-order valence-corrected chi connectivity index (χ1v) is 9.42. The van der Waals surface area contributed by atoms with Gasteiger partial charge in [0.25, 0.3) is 11.5 Å². The highest BCUT2D eigenvalue weighted by Crippen LogP contribution is 2.21. The lowest BCUT2D eigenvalue weighted by Gasteiger charge is -2.15. The summed E-state index contributed by atoms with van der Waals surface area (Å²) < 4.78 is 38.5. The van der Waals surface area contributed by atoms with Gasteiger partial charge in [0.05, 0.1) is 29.6 Å². The summed E-state index contributed by atoms with van der Waals surface area (Å²) in [6.07, 6.45) is -7.73. The van der Waals surface area contributed by atoms with Crippen molar-refractivity contribution < 1.29 is 23.1 Å². The van der Waals surface area contributed by atoms with Crippen LogP contribution in [0.15, 0.2) is 59.4 Å². The van der Waals surface area contributed by atoms with Crippen LogP contribution in [-0.2, 0) is 0 Å². The average Bonchev–Trinajstić information content (AvgIpc) is 2.77. The fourth-order valence-electron chi connectivity index (χ4n) is 2.70. The van der Waals surface area contributed by atoms with Gasteiger partial charge in [0, 0.05) is 10.6 Å². The first kappa shape index (κ1) is 23.0. The Morgan fingerprint density at radius 2 is 1.91 bits per heavy atom. The van der Waals surface area contributed by atoms with E-state index in [0.717, 1.165) is 10.7 Å². The fourth-order valence-corrected chi connectivity index (χ4v) is 2.83. The highest BCUT2D eigenvalue weighted by atomic mass is 35.5. The molecule has 0 aliphatic rings. The van der Waals surface area contributed by atoms with E-state index in [2.05, 4.69) is 5.10 Å². The predicted molar refractivity (Wildman–Crippen MR) is 109 cm³/mol. The maximum Gasteiger partial charge on any atom is 0.416 e. The van der Waals surface area contributed by atoms with Gasteiger partial charge >= 0.3 is 6.18 Å². The number of alkyl halides is 3. The molecule has 2 N–H and O–H groups in total. The molecule has 0 saturated carbocycles. The van der Waals surface area contributed by atoms with Crippen LogP contribution in [0.5, 0.6) is 0 Å². The van der Waals surface area contributed by atoms with Gasteiger partial charge in [0.2, 0.25) is 0 Å². The van der Waals surface area contributed by atoms with E-state index in [4.69, 9.17) is 22.0 Å². The monoisotopic (exact) mass is 462 g/mol. The molecular formula is C21H14ClF3N4O3. The Kier molecular flexibility index (Phi) is 6.62. The highest BCUT2D eigenvalue weighted by molar-refractivity contribution is 6.30. The van der Waals surface area contributed by atoms with Crippen molar-refractivity contribution in [1.29, 1.82) is 5.26 Å². The first-order chi connectivity index (χ1) is 15.1. The second-order valence-corrected chi connectivity index (χ2v) is 7.03. The average molecular weight is 463 g/mol. The van der Waals surface area contributed by atoms with Gasteiger partial charge in [-0.3, -0.25) is 9.59 Å². The molecule has 0 fully saturated rings. The van der Waals surface area contributed by atoms with Crippen LogP contribution in [-0.4, -0.2) is 39.6 Å². The molecule has 1 amide bonds. The van der Waals surface area contributed by atoms with E-state index in [-0.39, 0.29) is 16.9 Å². The number of aliphatic hydroxyl groups excluding tert-OH is 1. The zero-order valence-corrected chi connectivity index (χ0v) is 16.9. The van der Waals surface area contributed by atoms with Crippen LogP contribution in [0.1, 0.15) is 15.9 Å². The van der Waals surface area contributed by atoms with Crippen molar-refractivity contribution in [3.8, 4) is 23.0 Å². The summed E-state index contributed by atoms with van der Waals surface area (Å²) in [6, 6.07) is 15.2. The Balaban J connectivity index is 2.10. The number of benzene rings is 2. The Bertz CT molecular complexity index is 1250. The molecule has 164 valence electrons. The zero-order chi connectivity index (χ0) is 23.5. The second-order valence-electron chi connectivity index (χ2n) is 6.60. The van der Waals surface area contributed by atoms with E-state index in [0.29, 0.717) is 10.6 Å². The minimum absolute atomic E-state index is 0.158. The van der Waals surface area contributed by atoms with Gasteiger partial charge in [-0.25, -0.2) is 0 Å². The van der Waals surface area contributed by atoms with Crippen molar-refractivity contribution in [2.75, 3.05) is 6.54 Å². The lowest BCUT2D eigenvalue weighted by molar-refractivity contribution is -0.201. The molecule has 0 radical (unpaired) electrons. The normalized spacial score (nSPS) is 12.1. The van der Waals surface area contributed by atoms with Gasteiger partial charge < -0.3 is 10.4 Å². The summed E-state index contributed by atoms with van der Waals surface area (Å²) in [4.78, 5) is 25.5. The molecule has 11 heteroatoms. The van der Waals surface area contributed by atoms with Crippen LogP contribution in [0, 0.1) is 11.3 Å². The number of aromatic nitrogens is 2. The number of nitriles is 1. The van der Waals surface area contributed by atoms with Crippen molar-refractivity contribution >= 4 is 17.5 Å². The van der Waals surface area contributed by atoms with Crippen LogP contribution >= 0.6 is 11.6 Å². The van der Waals surface area contributed by atoms with Crippen molar-refractivity contribution in [1.82, 2.24) is 15.1 Å². The number of aliphatic hydroxyl groups is 1. The van der Waals surface area contributed by atoms with Crippen LogP contribution < -0.4 is 10.9 Å². The maximum absolute atomic E-state index is 12.9. The highest BCUT2D eigenvalue weighted by Gasteiger charge is 2.38. The number of nitrogens with one attached hydrogen (secondary N) is 1. The van der Waals surface area contributed by atoms with Gasteiger partial charge in [-0.15, -0.1) is 0 Å². The van der Waals surface area contributed by atoms with Crippen LogP contribution in [0.25, 0.3) is 16.9 Å². The largest absolute Gasteiger partial charge is 0.416 e. The number of rotatable bonds is 5. The quantitative estimate of drug-likeness (QED) is 0.606. The SMILES string of the molecule is N#Cc1cccc(-n2nc(-c3ccc(Cl)cc3)cc(C(=O)NC[C@@H](O)C(F)(F)F)c2=O)c1. The molecule has 1 aromatic heterocycles. The summed E-state index contributed by atoms with van der Waals surface area (Å²) in [5.74, 6) is -1.12. The van der Waals surface area contributed by atoms with E-state index >= 15 is 0 Å². The molecular weight excluding hydrogens is 449 g/mol. The number of nitrogens with zero attached hydrogens (tertiary/aromatic N) is 3. The molecule has 2 aromatic carbocycles. The summed E-state index contributed by atoms with van der Waals surface area (Å²) >= 11 is 5.89. The molecule has 7 nitrogen and oxygen atoms in total. The van der Waals surface area contributed by atoms with Gasteiger partial charge in [0.15, 0.2) is 6.10 Å². The number of halogens is 4. The predicted octanol–water partition coefficient (Wildman–Crippen LogP) is 3.08. The van der Waals surface area contributed by atoms with E-state index in [1.165, 1.54) is 24.3 Å². The first-order valence-electron chi connectivity index (χ1n) is 9.04. The third-order valence-corrected chi connectivity index (χ3v) is 4.60. The van der Waals surface area contributed by atoms with E-state index < -0.39 is 35.9 Å². The second kappa shape index (κ2) is 9.21. The number of carbonyl (C=O) groups excluding carboxylic acids is 1. The molecule has 0 unspecified atom stereocenters. The molecule has 3 aromatic rings. The van der Waals surface area contributed by atoms with E-state index in [1.54, 1.807) is 24.3 Å². The van der Waals surface area contributed by atoms with Crippen molar-refractivity contribution in [3.63, 3.8) is 0 Å². The Morgan fingerprint density at radius 3 is 2.53 bits per heavy atom. The Labute approximate surface area is 184 Å². The molecule has 0 aliphatic heterocycles. The smallest absolute Gasteiger partial charge is 0.382 e. The van der Waals surface area contributed by atoms with Crippen LogP contribution in [0.2, 0.25) is 5.02 Å². The molecule has 1 atom stereocenters. The van der Waals surface area contributed by atoms with Crippen molar-refractivity contribution in [2.24, 2.45) is 0 Å². The fraction of sp³-hybridized carbons (Fsp3) is 0.143. The number of amides is 1. The van der Waals surface area contributed by atoms with Gasteiger partial charge in [-0.1, -0.05) is 29.8 Å². The van der Waals surface area contributed by atoms with E-state index in [1.807, 2.05) is 11.4 Å². The summed E-state index contributed by atoms with van der Waals surface area (Å²) in [5, 5.41) is 24.8. The standard InChI is InChI=1S/C21H14ClF3N4O3/c22-14-6-4-13(5-7-14)17-9-16(19(31)27-11-18(30)21(23,24)25)20(32)29(28-17)15-3-1-2-12(8-15)10-26/h1-9,18,30H,11H2,(H,27,31)/t18-/m1/s1. The minimum Gasteiger partial charge on any atom is -0.382 e. The van der Waals surface area contributed by atoms with E-state index in [9.17, 15) is 22.8 Å². The molecule has 0 spiro atoms. The van der Waals surface area contributed by atoms with Gasteiger partial charge in [-0.2, -0.15) is 28.2 Å². The molecule has 0 saturated heterocycles. The van der Waals surface area contributed by atoms with Crippen molar-refractivity contribution in [3.05, 3.63) is 81.1 Å². The molecule has 0 bridgehead atoms. The third-order valence-electron chi connectivity index (χ3n) is 4.35. The third kappa shape index (κ3) is 5.14. The molecule has 3 rings (SSSR count). The number of hydrogen-bond donors (Lipinski definition) is 2. The van der Waals surface area contributed by atoms with Gasteiger partial charge in [-0.05, 0) is 36.4 Å². The molecule has 1 heterocycles.